The van der Waals surface area contributed by atoms with E-state index in [2.05, 4.69) is 35.8 Å². The summed E-state index contributed by atoms with van der Waals surface area (Å²) in [5.41, 5.74) is 0.840. The summed E-state index contributed by atoms with van der Waals surface area (Å²) in [7, 11) is -3.56. The van der Waals surface area contributed by atoms with Crippen molar-refractivity contribution in [3.05, 3.63) is 59.0 Å². The summed E-state index contributed by atoms with van der Waals surface area (Å²) in [6.07, 6.45) is 6.06. The Morgan fingerprint density at radius 3 is 2.20 bits per heavy atom. The molecule has 3 aromatic rings. The fourth-order valence-electron chi connectivity index (χ4n) is 9.54. The Morgan fingerprint density at radius 2 is 1.55 bits per heavy atom. The third-order valence-corrected chi connectivity index (χ3v) is 15.3. The number of aromatic nitrogens is 2. The number of likely N-dealkylation sites (tertiary alicyclic amines) is 1. The van der Waals surface area contributed by atoms with Gasteiger partial charge in [0.05, 0.1) is 33.9 Å². The first-order valence-corrected chi connectivity index (χ1v) is 23.5. The predicted molar refractivity (Wildman–Crippen MR) is 235 cm³/mol. The van der Waals surface area contributed by atoms with E-state index in [0.29, 0.717) is 76.6 Å². The van der Waals surface area contributed by atoms with Crippen LogP contribution in [0.2, 0.25) is 0 Å². The van der Waals surface area contributed by atoms with Crippen LogP contribution in [0.5, 0.6) is 0 Å². The lowest BCUT2D eigenvalue weighted by Crippen LogP contribution is -2.54. The van der Waals surface area contributed by atoms with Crippen LogP contribution in [0.3, 0.4) is 0 Å². The molecule has 4 saturated heterocycles. The highest BCUT2D eigenvalue weighted by molar-refractivity contribution is 7.89. The molecular weight excluding hydrogens is 854 g/mol. The van der Waals surface area contributed by atoms with E-state index in [-0.39, 0.29) is 64.6 Å². The van der Waals surface area contributed by atoms with Crippen LogP contribution >= 0.6 is 0 Å². The number of rotatable bonds is 12. The van der Waals surface area contributed by atoms with Gasteiger partial charge in [0.25, 0.3) is 11.8 Å². The van der Waals surface area contributed by atoms with Crippen molar-refractivity contribution in [2.75, 3.05) is 61.3 Å². The Kier molecular flexibility index (Phi) is 13.1. The molecule has 5 aliphatic heterocycles. The molecule has 4 amide bonds. The third-order valence-electron chi connectivity index (χ3n) is 12.9. The monoisotopic (exact) mass is 906 g/mol. The van der Waals surface area contributed by atoms with Gasteiger partial charge < -0.3 is 20.4 Å². The minimum absolute atomic E-state index is 0.00797. The molecular formula is C44H53F3N10O6S. The fraction of sp³-hybridized carbons (Fsp3) is 0.523. The van der Waals surface area contributed by atoms with E-state index in [1.165, 1.54) is 18.3 Å². The minimum Gasteiger partial charge on any atom is -0.381 e. The molecule has 5 aliphatic rings. The number of nitrogens with one attached hydrogen (secondary N) is 3. The van der Waals surface area contributed by atoms with E-state index in [1.54, 1.807) is 17.3 Å². The Balaban J connectivity index is 0.803. The predicted octanol–water partition coefficient (Wildman–Crippen LogP) is 5.09. The summed E-state index contributed by atoms with van der Waals surface area (Å²) in [5, 5.41) is 8.06. The van der Waals surface area contributed by atoms with Gasteiger partial charge in [-0.25, -0.2) is 35.9 Å². The zero-order valence-corrected chi connectivity index (χ0v) is 36.9. The Labute approximate surface area is 370 Å². The largest absolute Gasteiger partial charge is 0.381 e. The smallest absolute Gasteiger partial charge is 0.262 e. The van der Waals surface area contributed by atoms with E-state index in [4.69, 9.17) is 0 Å². The first kappa shape index (κ1) is 45.1. The second-order valence-corrected chi connectivity index (χ2v) is 19.7. The molecule has 20 heteroatoms. The molecule has 4 fully saturated rings. The quantitative estimate of drug-likeness (QED) is 0.162. The number of amides is 4. The summed E-state index contributed by atoms with van der Waals surface area (Å²) in [6.45, 7) is 9.24. The molecule has 6 heterocycles. The standard InChI is InChI=1S/C44H53F3N10O6S/c1-4-48-40-33(46)19-27(20-35(40)50-25(2)3)39-34(47)23-49-44(53-39)51-28-9-17-56(18-10-28)64(62,63)29-11-13-54(14-12-29)24-26-7-15-55(16-8-26)37-22-31-30(21-32(37)45)42(60)57(43(31)61)36-5-6-38(58)52-41(36)59/h4,19-23,25-26,28-29,36,50H,5-18,24H2,1-3H3,(H,49,51,53)(H,52,58,59). The number of carbonyl (C=O) groups is 4. The van der Waals surface area contributed by atoms with E-state index in [9.17, 15) is 27.6 Å². The second kappa shape index (κ2) is 18.6. The molecule has 0 radical (unpaired) electrons. The number of anilines is 3. The maximum atomic E-state index is 15.5. The van der Waals surface area contributed by atoms with Crippen LogP contribution in [0.1, 0.15) is 92.9 Å². The van der Waals surface area contributed by atoms with Crippen molar-refractivity contribution < 1.29 is 40.8 Å². The van der Waals surface area contributed by atoms with E-state index < -0.39 is 62.4 Å². The van der Waals surface area contributed by atoms with Crippen molar-refractivity contribution >= 4 is 62.9 Å². The van der Waals surface area contributed by atoms with Crippen LogP contribution in [0.4, 0.5) is 36.2 Å². The Morgan fingerprint density at radius 1 is 0.859 bits per heavy atom. The van der Waals surface area contributed by atoms with Gasteiger partial charge in [0.1, 0.15) is 23.2 Å². The molecule has 3 N–H and O–H groups in total. The van der Waals surface area contributed by atoms with Gasteiger partial charge in [-0.15, -0.1) is 0 Å². The molecule has 1 unspecified atom stereocenters. The number of aliphatic imine (C=N–C) groups is 1. The lowest BCUT2D eigenvalue weighted by molar-refractivity contribution is -0.136. The van der Waals surface area contributed by atoms with Crippen molar-refractivity contribution in [3.8, 4) is 11.3 Å². The van der Waals surface area contributed by atoms with Gasteiger partial charge in [-0.1, -0.05) is 0 Å². The van der Waals surface area contributed by atoms with Gasteiger partial charge in [0.15, 0.2) is 11.6 Å². The van der Waals surface area contributed by atoms with Crippen LogP contribution in [-0.4, -0.2) is 132 Å². The number of hydrogen-bond acceptors (Lipinski definition) is 13. The van der Waals surface area contributed by atoms with Crippen LogP contribution in [-0.2, 0) is 19.6 Å². The third kappa shape index (κ3) is 9.22. The molecule has 0 aliphatic carbocycles. The maximum Gasteiger partial charge on any atom is 0.262 e. The average Bonchev–Trinajstić information content (AvgIpc) is 3.50. The van der Waals surface area contributed by atoms with Crippen LogP contribution in [0, 0.1) is 23.4 Å². The molecule has 64 heavy (non-hydrogen) atoms. The number of hydrogen-bond donors (Lipinski definition) is 3. The number of benzene rings is 2. The lowest BCUT2D eigenvalue weighted by Gasteiger charge is -2.40. The minimum atomic E-state index is -3.56. The van der Waals surface area contributed by atoms with Gasteiger partial charge in [0, 0.05) is 63.0 Å². The SMILES string of the molecule is CC=Nc1c(F)cc(-c2nc(NC3CCN(S(=O)(=O)C4CCN(CC5CCN(c6cc7c(cc6F)C(=O)N(C6CCC(=O)NC6=O)C7=O)CC5)CC4)CC3)ncc2F)cc1NC(C)C. The van der Waals surface area contributed by atoms with Crippen LogP contribution in [0.25, 0.3) is 11.3 Å². The summed E-state index contributed by atoms with van der Waals surface area (Å²) in [5.74, 6) is -4.13. The molecule has 1 aromatic heterocycles. The first-order chi connectivity index (χ1) is 30.6. The highest BCUT2D eigenvalue weighted by Crippen LogP contribution is 2.37. The van der Waals surface area contributed by atoms with Crippen molar-refractivity contribution in [2.45, 2.75) is 95.5 Å². The highest BCUT2D eigenvalue weighted by atomic mass is 32.2. The van der Waals surface area contributed by atoms with E-state index in [1.807, 2.05) is 18.7 Å². The number of carbonyl (C=O) groups excluding carboxylic acids is 4. The summed E-state index contributed by atoms with van der Waals surface area (Å²) < 4.78 is 74.9. The number of piperidine rings is 4. The second-order valence-electron chi connectivity index (χ2n) is 17.5. The Hall–Kier alpha value is -5.47. The summed E-state index contributed by atoms with van der Waals surface area (Å²) in [4.78, 5) is 68.2. The lowest BCUT2D eigenvalue weighted by atomic mass is 9.94. The number of imide groups is 2. The number of nitrogens with zero attached hydrogens (tertiary/aromatic N) is 7. The molecule has 2 aromatic carbocycles. The number of sulfonamides is 1. The average molecular weight is 907 g/mol. The van der Waals surface area contributed by atoms with Gasteiger partial charge in [-0.05, 0) is 109 Å². The first-order valence-electron chi connectivity index (χ1n) is 22.0. The number of fused-ring (bicyclic) bond motifs is 1. The van der Waals surface area contributed by atoms with Crippen molar-refractivity contribution in [1.82, 2.24) is 29.4 Å². The Bertz CT molecular complexity index is 2470. The van der Waals surface area contributed by atoms with Crippen molar-refractivity contribution in [2.24, 2.45) is 10.9 Å². The molecule has 0 saturated carbocycles. The molecule has 16 nitrogen and oxygen atoms in total. The molecule has 8 rings (SSSR count). The molecule has 0 spiro atoms. The molecule has 1 atom stereocenters. The van der Waals surface area contributed by atoms with Gasteiger partial charge in [0.2, 0.25) is 27.8 Å². The topological polar surface area (TPSA) is 190 Å². The van der Waals surface area contributed by atoms with Gasteiger partial charge >= 0.3 is 0 Å². The zero-order chi connectivity index (χ0) is 45.4. The molecule has 342 valence electrons. The normalized spacial score (nSPS) is 21.3. The van der Waals surface area contributed by atoms with Crippen LogP contribution in [0.15, 0.2) is 35.5 Å². The fourth-order valence-corrected chi connectivity index (χ4v) is 11.5. The van der Waals surface area contributed by atoms with Gasteiger partial charge in [-0.2, -0.15) is 0 Å². The highest BCUT2D eigenvalue weighted by Gasteiger charge is 2.45. The zero-order valence-electron chi connectivity index (χ0n) is 36.1. The summed E-state index contributed by atoms with van der Waals surface area (Å²) >= 11 is 0. The molecule has 0 bridgehead atoms. The number of halogens is 3. The maximum absolute atomic E-state index is 15.5. The van der Waals surface area contributed by atoms with Crippen LogP contribution < -0.4 is 20.9 Å². The van der Waals surface area contributed by atoms with E-state index >= 15 is 13.2 Å². The van der Waals surface area contributed by atoms with Crippen molar-refractivity contribution in [3.63, 3.8) is 0 Å². The van der Waals surface area contributed by atoms with Crippen molar-refractivity contribution in [1.29, 1.82) is 0 Å². The van der Waals surface area contributed by atoms with Gasteiger partial charge in [-0.3, -0.25) is 34.4 Å². The summed E-state index contributed by atoms with van der Waals surface area (Å²) in [6, 6.07) is 3.94. The van der Waals surface area contributed by atoms with E-state index in [0.717, 1.165) is 36.5 Å².